The van der Waals surface area contributed by atoms with Gasteiger partial charge in [0.25, 0.3) is 0 Å². The van der Waals surface area contributed by atoms with Gasteiger partial charge in [-0.1, -0.05) is 0 Å². The first kappa shape index (κ1) is 15.6. The lowest BCUT2D eigenvalue weighted by atomic mass is 10.4. The first-order valence-corrected chi connectivity index (χ1v) is 2.85. The van der Waals surface area contributed by atoms with Gasteiger partial charge >= 0.3 is 18.4 Å². The van der Waals surface area contributed by atoms with Crippen LogP contribution in [0.3, 0.4) is 0 Å². The molecule has 1 nitrogen and oxygen atoms in total. The Kier molecular flexibility index (Phi) is 6.41. The van der Waals surface area contributed by atoms with Crippen LogP contribution in [0.15, 0.2) is 0 Å². The summed E-state index contributed by atoms with van der Waals surface area (Å²) >= 11 is 0. The Morgan fingerprint density at radius 1 is 0.929 bits per heavy atom. The molecule has 0 fully saturated rings. The molecule has 0 aromatic carbocycles. The summed E-state index contributed by atoms with van der Waals surface area (Å²) in [4.78, 5) is 9.07. The van der Waals surface area contributed by atoms with Crippen LogP contribution in [0.1, 0.15) is 6.42 Å². The van der Waals surface area contributed by atoms with E-state index in [-0.39, 0.29) is 0 Å². The third kappa shape index (κ3) is 22.5. The highest BCUT2D eigenvalue weighted by atomic mass is 19.4. The number of alkyl halides is 7. The molecule has 9 heteroatoms. The molecule has 0 unspecified atom stereocenters. The molecule has 0 saturated carbocycles. The molecule has 0 aliphatic rings. The Labute approximate surface area is 72.7 Å². The lowest BCUT2D eigenvalue weighted by Crippen LogP contribution is -2.11. The summed E-state index contributed by atoms with van der Waals surface area (Å²) in [6.45, 7) is -2.23. The van der Waals surface area contributed by atoms with E-state index in [4.69, 9.17) is 4.79 Å². The van der Waals surface area contributed by atoms with Crippen molar-refractivity contribution in [3.63, 3.8) is 0 Å². The normalized spacial score (nSPS) is 11.7. The monoisotopic (exact) mass is 232 g/mol. The third-order valence-electron chi connectivity index (χ3n) is 0.491. The zero-order valence-corrected chi connectivity index (χ0v) is 6.35. The van der Waals surface area contributed by atoms with Crippen LogP contribution in [0.25, 0.3) is 0 Å². The summed E-state index contributed by atoms with van der Waals surface area (Å²) in [5.41, 5.74) is 0. The van der Waals surface area contributed by atoms with Crippen molar-refractivity contribution in [3.8, 4) is 0 Å². The summed E-state index contributed by atoms with van der Waals surface area (Å²) in [7, 11) is 0. The Hall–Kier alpha value is -0.890. The lowest BCUT2D eigenvalue weighted by molar-refractivity contribution is -0.160. The molecule has 0 amide bonds. The van der Waals surface area contributed by atoms with Gasteiger partial charge in [0.05, 0.1) is 0 Å². The van der Waals surface area contributed by atoms with Gasteiger partial charge in [0.2, 0.25) is 0 Å². The minimum absolute atomic E-state index is 1.98. The summed E-state index contributed by atoms with van der Waals surface area (Å²) in [5, 5.41) is 0. The first-order chi connectivity index (χ1) is 5.98. The molecule has 0 spiro atoms. The zero-order valence-electron chi connectivity index (χ0n) is 6.35. The number of carbonyl (C=O) groups excluding carboxylic acids is 1. The van der Waals surface area contributed by atoms with E-state index < -0.39 is 31.5 Å². The molecular weight excluding hydrogens is 228 g/mol. The molecule has 0 aliphatic heterocycles. The minimum atomic E-state index is -4.70. The maximum Gasteiger partial charge on any atom is 0.416 e. The van der Waals surface area contributed by atoms with E-state index in [0.29, 0.717) is 0 Å². The second-order valence-electron chi connectivity index (χ2n) is 1.90. The average molecular weight is 232 g/mol. The van der Waals surface area contributed by atoms with Crippen molar-refractivity contribution in [3.05, 3.63) is 0 Å². The largest absolute Gasteiger partial charge is 0.416 e. The van der Waals surface area contributed by atoms with Gasteiger partial charge in [-0.2, -0.15) is 30.7 Å². The summed E-state index contributed by atoms with van der Waals surface area (Å²) in [5.74, 6) is 0. The van der Waals surface area contributed by atoms with Crippen LogP contribution in [-0.2, 0) is 4.79 Å². The number of hydrogen-bond acceptors (Lipinski definition) is 1. The molecule has 86 valence electrons. The summed E-state index contributed by atoms with van der Waals surface area (Å²) in [6.07, 6.45) is -11.3. The molecule has 0 bridgehead atoms. The average Bonchev–Trinajstić information content (AvgIpc) is 1.81. The molecular formula is C5H4F8O. The van der Waals surface area contributed by atoms with E-state index in [9.17, 15) is 35.1 Å². The Balaban J connectivity index is 0. The predicted molar refractivity (Wildman–Crippen MR) is 28.8 cm³/mol. The van der Waals surface area contributed by atoms with Crippen LogP contribution >= 0.6 is 0 Å². The van der Waals surface area contributed by atoms with Crippen molar-refractivity contribution in [1.82, 2.24) is 0 Å². The molecule has 0 rings (SSSR count). The van der Waals surface area contributed by atoms with E-state index in [1.165, 1.54) is 0 Å². The second kappa shape index (κ2) is 5.76. The zero-order chi connectivity index (χ0) is 12.0. The molecule has 0 aliphatic carbocycles. The Morgan fingerprint density at radius 3 is 1.21 bits per heavy atom. The van der Waals surface area contributed by atoms with E-state index in [1.807, 2.05) is 0 Å². The van der Waals surface area contributed by atoms with Gasteiger partial charge in [-0.3, -0.25) is 4.79 Å². The van der Waals surface area contributed by atoms with Gasteiger partial charge in [-0.05, 0) is 0 Å². The maximum atomic E-state index is 10.8. The molecule has 0 aromatic heterocycles. The van der Waals surface area contributed by atoms with Crippen molar-refractivity contribution in [2.24, 2.45) is 0 Å². The molecule has 0 aromatic rings. The molecule has 0 saturated heterocycles. The Morgan fingerprint density at radius 2 is 1.21 bits per heavy atom. The molecule has 14 heavy (non-hydrogen) atoms. The fourth-order valence-corrected chi connectivity index (χ4v) is 0.158. The molecule has 0 radical (unpaired) electrons. The molecule has 0 N–H and O–H groups in total. The third-order valence-corrected chi connectivity index (χ3v) is 0.491. The van der Waals surface area contributed by atoms with Crippen molar-refractivity contribution in [1.29, 1.82) is 0 Å². The fourth-order valence-electron chi connectivity index (χ4n) is 0.158. The molecule has 0 heterocycles. The van der Waals surface area contributed by atoms with Gasteiger partial charge in [0.15, 0.2) is 6.67 Å². The van der Waals surface area contributed by atoms with Crippen LogP contribution in [0.4, 0.5) is 35.1 Å². The Bertz CT molecular complexity index is 168. The van der Waals surface area contributed by atoms with Gasteiger partial charge in [-0.25, -0.2) is 4.39 Å². The number of carbonyl (C=O) groups is 1. The van der Waals surface area contributed by atoms with Crippen LogP contribution in [-0.4, -0.2) is 25.1 Å². The molecule has 0 atom stereocenters. The van der Waals surface area contributed by atoms with Crippen LogP contribution in [0, 0.1) is 0 Å². The van der Waals surface area contributed by atoms with Gasteiger partial charge in [0.1, 0.15) is 6.42 Å². The van der Waals surface area contributed by atoms with Crippen molar-refractivity contribution >= 4 is 6.04 Å². The van der Waals surface area contributed by atoms with E-state index in [2.05, 4.69) is 0 Å². The predicted octanol–water partition coefficient (Wildman–Crippen LogP) is 2.95. The maximum absolute atomic E-state index is 10.8. The highest BCUT2D eigenvalue weighted by Gasteiger charge is 2.31. The van der Waals surface area contributed by atoms with Crippen LogP contribution in [0.2, 0.25) is 0 Å². The second-order valence-corrected chi connectivity index (χ2v) is 1.90. The van der Waals surface area contributed by atoms with Crippen LogP contribution in [0.5, 0.6) is 0 Å². The number of hydrogen-bond donors (Lipinski definition) is 0. The highest BCUT2D eigenvalue weighted by molar-refractivity contribution is 5.68. The van der Waals surface area contributed by atoms with Gasteiger partial charge in [-0.15, -0.1) is 0 Å². The summed E-state index contributed by atoms with van der Waals surface area (Å²) in [6, 6.07) is -2.35. The minimum Gasteiger partial charge on any atom is -0.261 e. The topological polar surface area (TPSA) is 17.1 Å². The lowest BCUT2D eigenvalue weighted by Gasteiger charge is -1.97. The van der Waals surface area contributed by atoms with E-state index in [1.54, 1.807) is 0 Å². The quantitative estimate of drug-likeness (QED) is 0.501. The first-order valence-electron chi connectivity index (χ1n) is 2.85. The van der Waals surface area contributed by atoms with Crippen molar-refractivity contribution in [2.45, 2.75) is 18.8 Å². The van der Waals surface area contributed by atoms with Crippen molar-refractivity contribution in [2.75, 3.05) is 6.67 Å². The highest BCUT2D eigenvalue weighted by Crippen LogP contribution is 2.19. The number of halogens is 8. The SMILES string of the molecule is FCC(F)(F)F.O=C(F)CC(F)(F)F. The van der Waals surface area contributed by atoms with E-state index >= 15 is 0 Å². The fraction of sp³-hybridized carbons (Fsp3) is 0.800. The standard InChI is InChI=1S/C3H2F4O.C2H2F4/c4-2(8)1-3(5,6)7;3-1-2(4,5)6/h1H2;1H2. The number of rotatable bonds is 1. The van der Waals surface area contributed by atoms with Crippen molar-refractivity contribution < 1.29 is 39.9 Å². The van der Waals surface area contributed by atoms with Gasteiger partial charge in [0, 0.05) is 0 Å². The van der Waals surface area contributed by atoms with Gasteiger partial charge < -0.3 is 0 Å². The summed E-state index contributed by atoms with van der Waals surface area (Å²) < 4.78 is 85.0. The van der Waals surface area contributed by atoms with E-state index in [0.717, 1.165) is 0 Å². The van der Waals surface area contributed by atoms with Crippen LogP contribution < -0.4 is 0 Å². The smallest absolute Gasteiger partial charge is 0.261 e.